The molecule has 0 aromatic carbocycles. The van der Waals surface area contributed by atoms with Crippen LogP contribution in [0.15, 0.2) is 12.2 Å². The summed E-state index contributed by atoms with van der Waals surface area (Å²) in [6.45, 7) is 9.72. The van der Waals surface area contributed by atoms with Crippen LogP contribution in [0.1, 0.15) is 26.7 Å². The first-order chi connectivity index (χ1) is 6.09. The molecule has 13 heavy (non-hydrogen) atoms. The van der Waals surface area contributed by atoms with Gasteiger partial charge >= 0.3 is 0 Å². The highest BCUT2D eigenvalue weighted by Crippen LogP contribution is 2.13. The van der Waals surface area contributed by atoms with Crippen molar-refractivity contribution < 1.29 is 0 Å². The Morgan fingerprint density at radius 3 is 2.54 bits per heavy atom. The summed E-state index contributed by atoms with van der Waals surface area (Å²) in [5.74, 6) is 0.484. The summed E-state index contributed by atoms with van der Waals surface area (Å²) in [6, 6.07) is 0.138. The highest BCUT2D eigenvalue weighted by molar-refractivity contribution is 5.06. The van der Waals surface area contributed by atoms with Gasteiger partial charge in [-0.15, -0.1) is 0 Å². The maximum Gasteiger partial charge on any atom is 0.0428 e. The van der Waals surface area contributed by atoms with Gasteiger partial charge in [-0.25, -0.2) is 0 Å². The van der Waals surface area contributed by atoms with E-state index in [9.17, 15) is 0 Å². The molecule has 0 aliphatic heterocycles. The Balaban J connectivity index is 3.50. The van der Waals surface area contributed by atoms with Gasteiger partial charge in [0.15, 0.2) is 0 Å². The van der Waals surface area contributed by atoms with Gasteiger partial charge in [-0.2, -0.15) is 0 Å². The summed E-state index contributed by atoms with van der Waals surface area (Å²) in [5, 5.41) is 3.06. The molecular weight excluding hydrogens is 162 g/mol. The molecule has 0 bridgehead atoms. The van der Waals surface area contributed by atoms with Crippen LogP contribution in [0, 0.1) is 5.92 Å². The van der Waals surface area contributed by atoms with E-state index >= 15 is 0 Å². The van der Waals surface area contributed by atoms with Crippen molar-refractivity contribution in [1.29, 1.82) is 0 Å². The first-order valence-corrected chi connectivity index (χ1v) is 4.94. The Kier molecular flexibility index (Phi) is 6.86. The molecule has 1 atom stereocenters. The van der Waals surface area contributed by atoms with Gasteiger partial charge in [-0.05, 0) is 25.3 Å². The van der Waals surface area contributed by atoms with Crippen LogP contribution in [-0.2, 0) is 0 Å². The van der Waals surface area contributed by atoms with Crippen LogP contribution in [0.4, 0.5) is 0 Å². The summed E-state index contributed by atoms with van der Waals surface area (Å²) in [4.78, 5) is 0. The Morgan fingerprint density at radius 1 is 1.46 bits per heavy atom. The third-order valence-electron chi connectivity index (χ3n) is 2.23. The highest BCUT2D eigenvalue weighted by Gasteiger charge is 2.09. The molecule has 5 N–H and O–H groups in total. The lowest BCUT2D eigenvalue weighted by Gasteiger charge is -2.17. The van der Waals surface area contributed by atoms with E-state index in [2.05, 4.69) is 25.7 Å². The molecule has 0 aliphatic carbocycles. The lowest BCUT2D eigenvalue weighted by molar-refractivity contribution is 0.559. The van der Waals surface area contributed by atoms with Crippen LogP contribution < -0.4 is 16.8 Å². The lowest BCUT2D eigenvalue weighted by Crippen LogP contribution is -2.28. The van der Waals surface area contributed by atoms with Gasteiger partial charge in [-0.3, -0.25) is 0 Å². The summed E-state index contributed by atoms with van der Waals surface area (Å²) >= 11 is 0. The van der Waals surface area contributed by atoms with E-state index in [4.69, 9.17) is 11.5 Å². The second-order valence-electron chi connectivity index (χ2n) is 3.68. The fourth-order valence-corrected chi connectivity index (χ4v) is 1.16. The van der Waals surface area contributed by atoms with Crippen LogP contribution in [0.5, 0.6) is 0 Å². The largest absolute Gasteiger partial charge is 0.324 e. The third kappa shape index (κ3) is 5.80. The number of rotatable bonds is 7. The molecule has 0 heterocycles. The molecule has 0 saturated heterocycles. The minimum atomic E-state index is 0.138. The Morgan fingerprint density at radius 2 is 2.08 bits per heavy atom. The predicted octanol–water partition coefficient (Wildman–Crippen LogP) is 0.812. The minimum absolute atomic E-state index is 0.138. The molecule has 3 nitrogen and oxygen atoms in total. The smallest absolute Gasteiger partial charge is 0.0428 e. The van der Waals surface area contributed by atoms with Gasteiger partial charge in [0, 0.05) is 12.7 Å². The third-order valence-corrected chi connectivity index (χ3v) is 2.23. The topological polar surface area (TPSA) is 64.1 Å². The first kappa shape index (κ1) is 12.6. The Labute approximate surface area is 81.6 Å². The fourth-order valence-electron chi connectivity index (χ4n) is 1.16. The molecule has 0 amide bonds. The van der Waals surface area contributed by atoms with Gasteiger partial charge < -0.3 is 16.8 Å². The van der Waals surface area contributed by atoms with E-state index in [-0.39, 0.29) is 6.04 Å². The van der Waals surface area contributed by atoms with Crippen molar-refractivity contribution >= 4 is 0 Å². The van der Waals surface area contributed by atoms with Crippen molar-refractivity contribution in [3.8, 4) is 0 Å². The minimum Gasteiger partial charge on any atom is -0.324 e. The average molecular weight is 185 g/mol. The molecule has 0 radical (unpaired) electrons. The molecule has 0 saturated carbocycles. The summed E-state index contributed by atoms with van der Waals surface area (Å²) in [7, 11) is 0. The molecule has 0 spiro atoms. The molecule has 3 heteroatoms. The number of nitrogens with two attached hydrogens (primary N) is 2. The zero-order valence-corrected chi connectivity index (χ0v) is 8.84. The highest BCUT2D eigenvalue weighted by atomic mass is 14.9. The van der Waals surface area contributed by atoms with E-state index in [0.717, 1.165) is 25.0 Å². The molecule has 0 aliphatic rings. The second kappa shape index (κ2) is 7.06. The number of hydrogen-bond donors (Lipinski definition) is 3. The van der Waals surface area contributed by atoms with E-state index in [1.165, 1.54) is 0 Å². The van der Waals surface area contributed by atoms with Gasteiger partial charge in [-0.1, -0.05) is 26.0 Å². The Hall–Kier alpha value is -0.380. The molecular formula is C10H23N3. The number of nitrogens with one attached hydrogen (secondary N) is 1. The number of hydrogen-bond acceptors (Lipinski definition) is 3. The molecule has 0 aromatic heterocycles. The van der Waals surface area contributed by atoms with E-state index in [1.807, 2.05) is 0 Å². The van der Waals surface area contributed by atoms with Crippen LogP contribution in [0.3, 0.4) is 0 Å². The predicted molar refractivity (Wildman–Crippen MR) is 58.2 cm³/mol. The van der Waals surface area contributed by atoms with E-state index in [0.29, 0.717) is 12.6 Å². The van der Waals surface area contributed by atoms with Crippen LogP contribution >= 0.6 is 0 Å². The first-order valence-electron chi connectivity index (χ1n) is 4.94. The molecule has 0 fully saturated rings. The molecule has 1 unspecified atom stereocenters. The monoisotopic (exact) mass is 185 g/mol. The van der Waals surface area contributed by atoms with E-state index in [1.54, 1.807) is 0 Å². The summed E-state index contributed by atoms with van der Waals surface area (Å²) < 4.78 is 0. The van der Waals surface area contributed by atoms with Gasteiger partial charge in [0.25, 0.3) is 0 Å². The van der Waals surface area contributed by atoms with Crippen molar-refractivity contribution in [3.05, 3.63) is 12.2 Å². The summed E-state index contributed by atoms with van der Waals surface area (Å²) in [5.41, 5.74) is 12.4. The second-order valence-corrected chi connectivity index (χ2v) is 3.68. The van der Waals surface area contributed by atoms with Crippen molar-refractivity contribution in [2.24, 2.45) is 17.4 Å². The Bertz CT molecular complexity index is 143. The van der Waals surface area contributed by atoms with Gasteiger partial charge in [0.1, 0.15) is 0 Å². The van der Waals surface area contributed by atoms with Crippen LogP contribution in [-0.4, -0.2) is 19.3 Å². The van der Waals surface area contributed by atoms with Crippen molar-refractivity contribution in [2.75, 3.05) is 13.2 Å². The lowest BCUT2D eigenvalue weighted by atomic mass is 9.95. The average Bonchev–Trinajstić information content (AvgIpc) is 2.10. The van der Waals surface area contributed by atoms with E-state index < -0.39 is 0 Å². The quantitative estimate of drug-likeness (QED) is 0.312. The van der Waals surface area contributed by atoms with Crippen molar-refractivity contribution in [1.82, 2.24) is 5.32 Å². The maximum atomic E-state index is 5.94. The van der Waals surface area contributed by atoms with Crippen molar-refractivity contribution in [2.45, 2.75) is 32.7 Å². The zero-order valence-electron chi connectivity index (χ0n) is 8.84. The zero-order chi connectivity index (χ0) is 10.3. The van der Waals surface area contributed by atoms with Gasteiger partial charge in [0.2, 0.25) is 0 Å². The fraction of sp³-hybridized carbons (Fsp3) is 0.800. The normalized spacial score (nSPS) is 13.3. The van der Waals surface area contributed by atoms with Gasteiger partial charge in [0.05, 0.1) is 0 Å². The maximum absolute atomic E-state index is 5.94. The SMILES string of the molecule is C=C(C(C)C)C(N)CCCNCN. The van der Waals surface area contributed by atoms with Crippen molar-refractivity contribution in [3.63, 3.8) is 0 Å². The summed E-state index contributed by atoms with van der Waals surface area (Å²) in [6.07, 6.45) is 2.05. The van der Waals surface area contributed by atoms with Crippen LogP contribution in [0.25, 0.3) is 0 Å². The molecule has 0 rings (SSSR count). The molecule has 0 aromatic rings. The standard InChI is InChI=1S/C10H23N3/c1-8(2)9(3)10(12)5-4-6-13-7-11/h8,10,13H,3-7,11-12H2,1-2H3. The molecule has 78 valence electrons. The van der Waals surface area contributed by atoms with Crippen LogP contribution in [0.2, 0.25) is 0 Å².